The first kappa shape index (κ1) is 19.6. The monoisotopic (exact) mass is 368 g/mol. The van der Waals surface area contributed by atoms with E-state index in [1.807, 2.05) is 6.20 Å². The molecule has 1 aromatic heterocycles. The van der Waals surface area contributed by atoms with Crippen molar-refractivity contribution in [3.63, 3.8) is 0 Å². The van der Waals surface area contributed by atoms with Crippen LogP contribution in [-0.4, -0.2) is 40.1 Å². The normalized spacial score (nSPS) is 18.0. The molecule has 1 saturated heterocycles. The van der Waals surface area contributed by atoms with Crippen LogP contribution >= 0.6 is 0 Å². The van der Waals surface area contributed by atoms with E-state index < -0.39 is 0 Å². The molecule has 146 valence electrons. The number of amides is 1. The van der Waals surface area contributed by atoms with Crippen LogP contribution in [0.3, 0.4) is 0 Å². The summed E-state index contributed by atoms with van der Waals surface area (Å²) in [7, 11) is 0. The van der Waals surface area contributed by atoms with Crippen LogP contribution in [0.25, 0.3) is 0 Å². The molecular formula is C22H32N4O. The van der Waals surface area contributed by atoms with Gasteiger partial charge in [-0.2, -0.15) is 5.10 Å². The first-order valence-corrected chi connectivity index (χ1v) is 10.2. The predicted molar refractivity (Wildman–Crippen MR) is 108 cm³/mol. The molecule has 0 aliphatic carbocycles. The van der Waals surface area contributed by atoms with Gasteiger partial charge < -0.3 is 5.32 Å². The minimum Gasteiger partial charge on any atom is -0.352 e. The SMILES string of the molecule is CC(C)Cc1ccc(CN2CCC[C@H](NC(=O)CCc3cn[nH]c3)C2)cc1. The third-order valence-corrected chi connectivity index (χ3v) is 5.14. The standard InChI is InChI=1S/C22H32N4O/c1-17(2)12-18-5-7-19(8-6-18)15-26-11-3-4-21(16-26)25-22(27)10-9-20-13-23-24-14-20/h5-8,13-14,17,21H,3-4,9-12,15-16H2,1-2H3,(H,23,24)(H,25,27)/t21-/m0/s1. The van der Waals surface area contributed by atoms with Crippen LogP contribution in [0.5, 0.6) is 0 Å². The number of hydrogen-bond donors (Lipinski definition) is 2. The molecule has 1 aliphatic rings. The van der Waals surface area contributed by atoms with Crippen LogP contribution in [0.4, 0.5) is 0 Å². The van der Waals surface area contributed by atoms with E-state index in [-0.39, 0.29) is 11.9 Å². The number of aromatic amines is 1. The van der Waals surface area contributed by atoms with Gasteiger partial charge in [-0.25, -0.2) is 0 Å². The van der Waals surface area contributed by atoms with E-state index in [2.05, 4.69) is 58.5 Å². The minimum atomic E-state index is 0.140. The number of carbonyl (C=O) groups excluding carboxylic acids is 1. The van der Waals surface area contributed by atoms with Gasteiger partial charge in [0.15, 0.2) is 0 Å². The minimum absolute atomic E-state index is 0.140. The molecule has 0 radical (unpaired) electrons. The van der Waals surface area contributed by atoms with Gasteiger partial charge in [-0.1, -0.05) is 38.1 Å². The van der Waals surface area contributed by atoms with E-state index in [4.69, 9.17) is 0 Å². The lowest BCUT2D eigenvalue weighted by molar-refractivity contribution is -0.122. The van der Waals surface area contributed by atoms with Gasteiger partial charge in [0.1, 0.15) is 0 Å². The smallest absolute Gasteiger partial charge is 0.220 e. The second kappa shape index (κ2) is 9.70. The lowest BCUT2D eigenvalue weighted by atomic mass is 10.0. The first-order chi connectivity index (χ1) is 13.1. The van der Waals surface area contributed by atoms with Gasteiger partial charge in [0.2, 0.25) is 5.91 Å². The maximum Gasteiger partial charge on any atom is 0.220 e. The molecule has 2 heterocycles. The molecule has 1 atom stereocenters. The molecule has 1 aromatic carbocycles. The molecule has 1 amide bonds. The number of H-pyrrole nitrogens is 1. The molecule has 5 heteroatoms. The first-order valence-electron chi connectivity index (χ1n) is 10.2. The number of carbonyl (C=O) groups is 1. The molecule has 0 bridgehead atoms. The third-order valence-electron chi connectivity index (χ3n) is 5.14. The van der Waals surface area contributed by atoms with Crippen molar-refractivity contribution in [2.24, 2.45) is 5.92 Å². The maximum atomic E-state index is 12.2. The number of benzene rings is 1. The molecule has 2 N–H and O–H groups in total. The largest absolute Gasteiger partial charge is 0.352 e. The van der Waals surface area contributed by atoms with Gasteiger partial charge in [0, 0.05) is 31.7 Å². The van der Waals surface area contributed by atoms with Gasteiger partial charge in [0.05, 0.1) is 6.20 Å². The summed E-state index contributed by atoms with van der Waals surface area (Å²) in [4.78, 5) is 14.7. The van der Waals surface area contributed by atoms with Crippen molar-refractivity contribution in [2.45, 2.75) is 58.5 Å². The zero-order chi connectivity index (χ0) is 19.1. The van der Waals surface area contributed by atoms with Crippen molar-refractivity contribution in [3.05, 3.63) is 53.3 Å². The number of nitrogens with zero attached hydrogens (tertiary/aromatic N) is 2. The Morgan fingerprint density at radius 2 is 2.04 bits per heavy atom. The molecule has 5 nitrogen and oxygen atoms in total. The van der Waals surface area contributed by atoms with Gasteiger partial charge in [-0.05, 0) is 54.8 Å². The molecule has 0 saturated carbocycles. The van der Waals surface area contributed by atoms with E-state index in [9.17, 15) is 4.79 Å². The van der Waals surface area contributed by atoms with Crippen molar-refractivity contribution >= 4 is 5.91 Å². The molecule has 1 aliphatic heterocycles. The van der Waals surface area contributed by atoms with E-state index in [1.165, 1.54) is 11.1 Å². The van der Waals surface area contributed by atoms with Crippen LogP contribution in [0.15, 0.2) is 36.7 Å². The highest BCUT2D eigenvalue weighted by molar-refractivity contribution is 5.76. The van der Waals surface area contributed by atoms with E-state index in [0.717, 1.165) is 50.9 Å². The molecular weight excluding hydrogens is 336 g/mol. The molecule has 27 heavy (non-hydrogen) atoms. The number of aryl methyl sites for hydroxylation is 1. The second-order valence-corrected chi connectivity index (χ2v) is 8.16. The summed E-state index contributed by atoms with van der Waals surface area (Å²) >= 11 is 0. The zero-order valence-corrected chi connectivity index (χ0v) is 16.6. The Hall–Kier alpha value is -2.14. The van der Waals surface area contributed by atoms with Crippen molar-refractivity contribution in [3.8, 4) is 0 Å². The molecule has 0 spiro atoms. The lowest BCUT2D eigenvalue weighted by Gasteiger charge is -2.33. The Balaban J connectivity index is 1.43. The summed E-state index contributed by atoms with van der Waals surface area (Å²) in [6.45, 7) is 7.51. The van der Waals surface area contributed by atoms with Crippen LogP contribution < -0.4 is 5.32 Å². The number of hydrogen-bond acceptors (Lipinski definition) is 3. The van der Waals surface area contributed by atoms with Crippen molar-refractivity contribution in [1.29, 1.82) is 0 Å². The van der Waals surface area contributed by atoms with Crippen LogP contribution in [0.2, 0.25) is 0 Å². The van der Waals surface area contributed by atoms with Gasteiger partial charge in [-0.3, -0.25) is 14.8 Å². The highest BCUT2D eigenvalue weighted by Gasteiger charge is 2.21. The molecule has 3 rings (SSSR count). The fourth-order valence-electron chi connectivity index (χ4n) is 3.80. The quantitative estimate of drug-likeness (QED) is 0.751. The van der Waals surface area contributed by atoms with Gasteiger partial charge in [0.25, 0.3) is 0 Å². The summed E-state index contributed by atoms with van der Waals surface area (Å²) in [5.74, 6) is 0.830. The Morgan fingerprint density at radius 1 is 1.26 bits per heavy atom. The van der Waals surface area contributed by atoms with Crippen LogP contribution in [0.1, 0.15) is 49.8 Å². The highest BCUT2D eigenvalue weighted by atomic mass is 16.1. The Morgan fingerprint density at radius 3 is 2.74 bits per heavy atom. The van der Waals surface area contributed by atoms with Gasteiger partial charge >= 0.3 is 0 Å². The average Bonchev–Trinajstić information content (AvgIpc) is 3.15. The Labute approximate surface area is 162 Å². The summed E-state index contributed by atoms with van der Waals surface area (Å²) in [6.07, 6.45) is 8.23. The van der Waals surface area contributed by atoms with Gasteiger partial charge in [-0.15, -0.1) is 0 Å². The molecule has 2 aromatic rings. The van der Waals surface area contributed by atoms with Crippen LogP contribution in [0, 0.1) is 5.92 Å². The molecule has 1 fully saturated rings. The zero-order valence-electron chi connectivity index (χ0n) is 16.6. The maximum absolute atomic E-state index is 12.2. The summed E-state index contributed by atoms with van der Waals surface area (Å²) in [6, 6.07) is 9.29. The van der Waals surface area contributed by atoms with E-state index in [0.29, 0.717) is 12.3 Å². The van der Waals surface area contributed by atoms with Crippen molar-refractivity contribution < 1.29 is 4.79 Å². The van der Waals surface area contributed by atoms with Crippen molar-refractivity contribution in [2.75, 3.05) is 13.1 Å². The Kier molecular flexibility index (Phi) is 7.04. The number of rotatable bonds is 8. The fraction of sp³-hybridized carbons (Fsp3) is 0.545. The predicted octanol–water partition coefficient (Wildman–Crippen LogP) is 3.32. The number of aromatic nitrogens is 2. The number of likely N-dealkylation sites (tertiary alicyclic amines) is 1. The summed E-state index contributed by atoms with van der Waals surface area (Å²) in [5, 5.41) is 9.93. The molecule has 0 unspecified atom stereocenters. The topological polar surface area (TPSA) is 61.0 Å². The summed E-state index contributed by atoms with van der Waals surface area (Å²) < 4.78 is 0. The van der Waals surface area contributed by atoms with E-state index in [1.54, 1.807) is 6.20 Å². The van der Waals surface area contributed by atoms with E-state index >= 15 is 0 Å². The van der Waals surface area contributed by atoms with Crippen LogP contribution in [-0.2, 0) is 24.2 Å². The third kappa shape index (κ3) is 6.51. The second-order valence-electron chi connectivity index (χ2n) is 8.16. The Bertz CT molecular complexity index is 694. The number of nitrogens with one attached hydrogen (secondary N) is 2. The summed E-state index contributed by atoms with van der Waals surface area (Å²) in [5.41, 5.74) is 3.85. The highest BCUT2D eigenvalue weighted by Crippen LogP contribution is 2.16. The average molecular weight is 369 g/mol. The fourth-order valence-corrected chi connectivity index (χ4v) is 3.80. The number of piperidine rings is 1. The van der Waals surface area contributed by atoms with Crippen molar-refractivity contribution in [1.82, 2.24) is 20.4 Å². The lowest BCUT2D eigenvalue weighted by Crippen LogP contribution is -2.47.